The second kappa shape index (κ2) is 3.18. The zero-order chi connectivity index (χ0) is 6.85. The van der Waals surface area contributed by atoms with E-state index in [4.69, 9.17) is 0 Å². The number of nitrogens with zero attached hydrogens (tertiary/aromatic N) is 2. The zero-order valence-electron chi connectivity index (χ0n) is 4.88. The van der Waals surface area contributed by atoms with Crippen LogP contribution in [0.1, 0.15) is 7.75 Å². The first-order valence-electron chi connectivity index (χ1n) is 2.50. The summed E-state index contributed by atoms with van der Waals surface area (Å²) in [4.78, 5) is 0. The number of aromatic nitrogens is 2. The van der Waals surface area contributed by atoms with Crippen LogP contribution in [0.4, 0.5) is 0 Å². The molecular weight excluding hydrogens is 342 g/mol. The van der Waals surface area contributed by atoms with E-state index < -0.39 is 0 Å². The SMILES string of the molecule is Cc1ccn(C(I)I)n1. The number of alkyl halides is 2. The first-order valence-corrected chi connectivity index (χ1v) is 4.99. The molecule has 4 heteroatoms. The highest BCUT2D eigenvalue weighted by molar-refractivity contribution is 14.2. The summed E-state index contributed by atoms with van der Waals surface area (Å²) < 4.78 is 2.35. The lowest BCUT2D eigenvalue weighted by molar-refractivity contribution is 0.760. The van der Waals surface area contributed by atoms with Crippen LogP contribution in [-0.4, -0.2) is 9.78 Å². The first kappa shape index (κ1) is 7.77. The fraction of sp³-hybridized carbons (Fsp3) is 0.400. The van der Waals surface area contributed by atoms with E-state index in [1.807, 2.05) is 23.9 Å². The lowest BCUT2D eigenvalue weighted by Gasteiger charge is -1.98. The molecule has 0 N–H and O–H groups in total. The maximum Gasteiger partial charge on any atom is 0.153 e. The van der Waals surface area contributed by atoms with Gasteiger partial charge in [-0.25, -0.2) is 4.68 Å². The van der Waals surface area contributed by atoms with Crippen molar-refractivity contribution in [1.29, 1.82) is 0 Å². The third-order valence-electron chi connectivity index (χ3n) is 0.942. The van der Waals surface area contributed by atoms with Crippen molar-refractivity contribution < 1.29 is 0 Å². The Kier molecular flexibility index (Phi) is 2.74. The molecule has 0 spiro atoms. The Morgan fingerprint density at radius 3 is 2.56 bits per heavy atom. The molecule has 0 fully saturated rings. The van der Waals surface area contributed by atoms with E-state index in [9.17, 15) is 0 Å². The van der Waals surface area contributed by atoms with Crippen molar-refractivity contribution >= 4 is 45.2 Å². The fourth-order valence-corrected chi connectivity index (χ4v) is 1.16. The van der Waals surface area contributed by atoms with Gasteiger partial charge >= 0.3 is 0 Å². The number of halogens is 2. The molecule has 0 bridgehead atoms. The highest BCUT2D eigenvalue weighted by Gasteiger charge is 1.99. The second-order valence-corrected chi connectivity index (χ2v) is 6.46. The van der Waals surface area contributed by atoms with Crippen LogP contribution >= 0.6 is 45.2 Å². The minimum Gasteiger partial charge on any atom is -0.250 e. The minimum absolute atomic E-state index is 0.425. The Balaban J connectivity index is 2.85. The fourth-order valence-electron chi connectivity index (χ4n) is 0.542. The van der Waals surface area contributed by atoms with E-state index in [-0.39, 0.29) is 0 Å². The van der Waals surface area contributed by atoms with Gasteiger partial charge in [0.25, 0.3) is 0 Å². The third-order valence-corrected chi connectivity index (χ3v) is 2.08. The van der Waals surface area contributed by atoms with Crippen molar-refractivity contribution in [3.63, 3.8) is 0 Å². The van der Waals surface area contributed by atoms with Crippen molar-refractivity contribution in [3.05, 3.63) is 18.0 Å². The van der Waals surface area contributed by atoms with Gasteiger partial charge in [0.15, 0.2) is 2.06 Å². The van der Waals surface area contributed by atoms with Gasteiger partial charge in [0.1, 0.15) is 0 Å². The van der Waals surface area contributed by atoms with Crippen molar-refractivity contribution in [3.8, 4) is 0 Å². The van der Waals surface area contributed by atoms with Gasteiger partial charge < -0.3 is 0 Å². The Labute approximate surface area is 81.3 Å². The topological polar surface area (TPSA) is 17.8 Å². The molecule has 0 radical (unpaired) electrons. The van der Waals surface area contributed by atoms with Gasteiger partial charge in [-0.05, 0) is 58.2 Å². The zero-order valence-corrected chi connectivity index (χ0v) is 9.20. The minimum atomic E-state index is 0.425. The quantitative estimate of drug-likeness (QED) is 0.564. The predicted molar refractivity (Wildman–Crippen MR) is 54.0 cm³/mol. The van der Waals surface area contributed by atoms with Gasteiger partial charge in [0, 0.05) is 6.20 Å². The number of hydrogen-bond donors (Lipinski definition) is 0. The highest BCUT2D eigenvalue weighted by atomic mass is 127. The van der Waals surface area contributed by atoms with Crippen molar-refractivity contribution in [1.82, 2.24) is 9.78 Å². The van der Waals surface area contributed by atoms with Gasteiger partial charge in [-0.3, -0.25) is 0 Å². The number of rotatable bonds is 1. The summed E-state index contributed by atoms with van der Waals surface area (Å²) in [5.74, 6) is 0. The highest BCUT2D eigenvalue weighted by Crippen LogP contribution is 2.22. The molecule has 0 aliphatic rings. The van der Waals surface area contributed by atoms with E-state index in [0.717, 1.165) is 5.69 Å². The second-order valence-electron chi connectivity index (χ2n) is 1.71. The van der Waals surface area contributed by atoms with E-state index in [2.05, 4.69) is 50.3 Å². The lowest BCUT2D eigenvalue weighted by atomic mass is 10.5. The van der Waals surface area contributed by atoms with Crippen molar-refractivity contribution in [2.75, 3.05) is 0 Å². The molecule has 1 aromatic rings. The van der Waals surface area contributed by atoms with Crippen molar-refractivity contribution in [2.45, 2.75) is 8.98 Å². The maximum atomic E-state index is 4.21. The van der Waals surface area contributed by atoms with Crippen molar-refractivity contribution in [2.24, 2.45) is 0 Å². The summed E-state index contributed by atoms with van der Waals surface area (Å²) in [6, 6.07) is 2.00. The Morgan fingerprint density at radius 1 is 1.67 bits per heavy atom. The summed E-state index contributed by atoms with van der Waals surface area (Å²) in [7, 11) is 0. The van der Waals surface area contributed by atoms with Gasteiger partial charge in [-0.2, -0.15) is 5.10 Å². The molecule has 1 rings (SSSR count). The molecule has 2 nitrogen and oxygen atoms in total. The molecular formula is C5H6I2N2. The summed E-state index contributed by atoms with van der Waals surface area (Å²) in [5, 5.41) is 4.21. The van der Waals surface area contributed by atoms with Gasteiger partial charge in [0.2, 0.25) is 0 Å². The Hall–Kier alpha value is 0.670. The normalized spacial score (nSPS) is 10.7. The molecule has 0 saturated carbocycles. The molecule has 0 aliphatic carbocycles. The van der Waals surface area contributed by atoms with E-state index in [1.165, 1.54) is 0 Å². The monoisotopic (exact) mass is 348 g/mol. The molecule has 50 valence electrons. The summed E-state index contributed by atoms with van der Waals surface area (Å²) in [6.45, 7) is 1.99. The molecule has 0 aliphatic heterocycles. The largest absolute Gasteiger partial charge is 0.250 e. The van der Waals surface area contributed by atoms with Crippen LogP contribution in [0.2, 0.25) is 0 Å². The molecule has 0 amide bonds. The third kappa shape index (κ3) is 2.06. The van der Waals surface area contributed by atoms with Gasteiger partial charge in [-0.15, -0.1) is 0 Å². The van der Waals surface area contributed by atoms with Crippen LogP contribution in [0.15, 0.2) is 12.3 Å². The van der Waals surface area contributed by atoms with Gasteiger partial charge in [-0.1, -0.05) is 0 Å². The van der Waals surface area contributed by atoms with E-state index >= 15 is 0 Å². The standard InChI is InChI=1S/C5H6I2N2/c1-4-2-3-9(8-4)5(6)7/h2-3,5H,1H3. The summed E-state index contributed by atoms with van der Waals surface area (Å²) in [6.07, 6.45) is 1.98. The van der Waals surface area contributed by atoms with Crippen LogP contribution < -0.4 is 0 Å². The Bertz CT molecular complexity index is 195. The van der Waals surface area contributed by atoms with Crippen LogP contribution in [0.5, 0.6) is 0 Å². The molecule has 0 aromatic carbocycles. The molecule has 1 aromatic heterocycles. The average molecular weight is 348 g/mol. The molecule has 9 heavy (non-hydrogen) atoms. The smallest absolute Gasteiger partial charge is 0.153 e. The number of hydrogen-bond acceptors (Lipinski definition) is 1. The average Bonchev–Trinajstić information content (AvgIpc) is 2.14. The Morgan fingerprint density at radius 2 is 2.33 bits per heavy atom. The molecule has 0 saturated heterocycles. The van der Waals surface area contributed by atoms with Gasteiger partial charge in [0.05, 0.1) is 5.69 Å². The molecule has 0 unspecified atom stereocenters. The maximum absolute atomic E-state index is 4.21. The number of aryl methyl sites for hydroxylation is 1. The van der Waals surface area contributed by atoms with Crippen LogP contribution in [0.3, 0.4) is 0 Å². The first-order chi connectivity index (χ1) is 4.20. The van der Waals surface area contributed by atoms with Crippen LogP contribution in [-0.2, 0) is 0 Å². The molecule has 0 atom stereocenters. The predicted octanol–water partition coefficient (Wildman–Crippen LogP) is 2.52. The van der Waals surface area contributed by atoms with Crippen LogP contribution in [0, 0.1) is 6.92 Å². The van der Waals surface area contributed by atoms with E-state index in [0.29, 0.717) is 2.06 Å². The lowest BCUT2D eigenvalue weighted by Crippen LogP contribution is -1.94. The van der Waals surface area contributed by atoms with Crippen LogP contribution in [0.25, 0.3) is 0 Å². The molecule has 1 heterocycles. The summed E-state index contributed by atoms with van der Waals surface area (Å²) >= 11 is 4.62. The van der Waals surface area contributed by atoms with E-state index in [1.54, 1.807) is 0 Å². The summed E-state index contributed by atoms with van der Waals surface area (Å²) in [5.41, 5.74) is 1.08.